The van der Waals surface area contributed by atoms with E-state index >= 15 is 0 Å². The Kier molecular flexibility index (Phi) is 6.04. The Morgan fingerprint density at radius 3 is 2.68 bits per heavy atom. The molecule has 0 aromatic carbocycles. The average molecular weight is 413 g/mol. The van der Waals surface area contributed by atoms with Crippen molar-refractivity contribution >= 4 is 29.5 Å². The number of aliphatic carboxylic acids is 1. The molecule has 3 aliphatic heterocycles. The Morgan fingerprint density at radius 1 is 1.43 bits per heavy atom. The predicted molar refractivity (Wildman–Crippen MR) is 102 cm³/mol. The second-order valence-corrected chi connectivity index (χ2v) is 9.08. The lowest BCUT2D eigenvalue weighted by atomic mass is 9.79. The Hall–Kier alpha value is -1.62. The molecule has 3 aliphatic rings. The van der Waals surface area contributed by atoms with Gasteiger partial charge in [-0.2, -0.15) is 0 Å². The van der Waals surface area contributed by atoms with Gasteiger partial charge in [-0.1, -0.05) is 6.92 Å². The van der Waals surface area contributed by atoms with Crippen molar-refractivity contribution < 1.29 is 29.3 Å². The van der Waals surface area contributed by atoms with E-state index in [0.717, 1.165) is 0 Å². The van der Waals surface area contributed by atoms with Crippen LogP contribution in [0.15, 0.2) is 10.6 Å². The number of nitrogens with one attached hydrogen (secondary N) is 1. The van der Waals surface area contributed by atoms with E-state index in [9.17, 15) is 24.6 Å². The van der Waals surface area contributed by atoms with E-state index in [1.165, 1.54) is 16.7 Å². The number of aliphatic hydroxyl groups is 1. The average Bonchev–Trinajstić information content (AvgIpc) is 3.14. The molecule has 0 spiro atoms. The molecular formula is C18H27N3O6S. The molecule has 9 nitrogen and oxygen atoms in total. The summed E-state index contributed by atoms with van der Waals surface area (Å²) < 4.78 is 5.72. The summed E-state index contributed by atoms with van der Waals surface area (Å²) in [7, 11) is 0. The summed E-state index contributed by atoms with van der Waals surface area (Å²) in [5, 5.41) is 22.3. The second-order valence-electron chi connectivity index (χ2n) is 7.74. The number of rotatable bonds is 7. The van der Waals surface area contributed by atoms with Gasteiger partial charge in [0.1, 0.15) is 5.70 Å². The van der Waals surface area contributed by atoms with Crippen molar-refractivity contribution in [1.29, 1.82) is 0 Å². The van der Waals surface area contributed by atoms with Crippen LogP contribution in [-0.2, 0) is 19.1 Å². The Labute approximate surface area is 167 Å². The first kappa shape index (κ1) is 21.1. The fraction of sp³-hybridized carbons (Fsp3) is 0.722. The van der Waals surface area contributed by atoms with Crippen LogP contribution >= 0.6 is 11.8 Å². The van der Waals surface area contributed by atoms with Crippen molar-refractivity contribution in [2.75, 3.05) is 13.2 Å². The van der Waals surface area contributed by atoms with Crippen molar-refractivity contribution in [2.24, 2.45) is 17.6 Å². The first-order valence-corrected chi connectivity index (χ1v) is 10.3. The number of hydrogen-bond acceptors (Lipinski definition) is 7. The van der Waals surface area contributed by atoms with E-state index in [1.54, 1.807) is 13.8 Å². The maximum absolute atomic E-state index is 12.4. The fourth-order valence-corrected chi connectivity index (χ4v) is 5.60. The molecule has 3 heterocycles. The van der Waals surface area contributed by atoms with E-state index < -0.39 is 24.0 Å². The molecule has 2 fully saturated rings. The van der Waals surface area contributed by atoms with Crippen LogP contribution in [0.4, 0.5) is 0 Å². The van der Waals surface area contributed by atoms with Gasteiger partial charge in [0.2, 0.25) is 11.8 Å². The Morgan fingerprint density at radius 2 is 2.11 bits per heavy atom. The molecule has 28 heavy (non-hydrogen) atoms. The minimum atomic E-state index is -1.13. The number of ether oxygens (including phenoxy) is 1. The summed E-state index contributed by atoms with van der Waals surface area (Å²) in [5.41, 5.74) is 5.55. The number of carbonyl (C=O) groups excluding carboxylic acids is 2. The number of β-lactam (4-membered cyclic amide) rings is 1. The topological polar surface area (TPSA) is 142 Å². The standard InChI is InChI=1S/C18H27N3O6S/c1-7-13-12(9(3)22)17(24)21(13)14(18(25)26)15(7)28-11-4-10(27-6-11)5-20-16(23)8(2)19/h7-13,22H,4-6,19H2,1-3H3,(H,20,23)(H,25,26)/t7-,8-,9-,10+,11-,12-,13?/m1/s1. The highest BCUT2D eigenvalue weighted by Gasteiger charge is 2.60. The van der Waals surface area contributed by atoms with Crippen molar-refractivity contribution in [2.45, 2.75) is 56.7 Å². The number of nitrogens with zero attached hydrogens (tertiary/aromatic N) is 1. The van der Waals surface area contributed by atoms with Gasteiger partial charge in [0.25, 0.3) is 0 Å². The predicted octanol–water partition coefficient (Wildman–Crippen LogP) is -0.506. The van der Waals surface area contributed by atoms with Gasteiger partial charge in [-0.25, -0.2) is 4.79 Å². The number of carboxylic acids is 1. The zero-order valence-electron chi connectivity index (χ0n) is 16.1. The minimum absolute atomic E-state index is 0.0260. The lowest BCUT2D eigenvalue weighted by molar-refractivity contribution is -0.163. The van der Waals surface area contributed by atoms with Crippen molar-refractivity contribution in [3.63, 3.8) is 0 Å². The molecule has 2 amide bonds. The van der Waals surface area contributed by atoms with E-state index in [2.05, 4.69) is 5.32 Å². The third-order valence-corrected chi connectivity index (χ3v) is 7.05. The summed E-state index contributed by atoms with van der Waals surface area (Å²) in [4.78, 5) is 37.8. The zero-order valence-corrected chi connectivity index (χ0v) is 16.9. The van der Waals surface area contributed by atoms with E-state index in [0.29, 0.717) is 24.5 Å². The maximum atomic E-state index is 12.4. The Bertz CT molecular complexity index is 709. The summed E-state index contributed by atoms with van der Waals surface area (Å²) >= 11 is 1.43. The number of hydrogen-bond donors (Lipinski definition) is 4. The molecule has 10 heteroatoms. The highest BCUT2D eigenvalue weighted by atomic mass is 32.2. The number of thioether (sulfide) groups is 1. The van der Waals surface area contributed by atoms with Gasteiger partial charge in [-0.05, 0) is 20.3 Å². The summed E-state index contributed by atoms with van der Waals surface area (Å²) in [6.45, 7) is 5.86. The number of aliphatic hydroxyl groups excluding tert-OH is 1. The fourth-order valence-electron chi connectivity index (χ4n) is 4.13. The molecule has 0 saturated carbocycles. The molecule has 1 unspecified atom stereocenters. The SMILES string of the molecule is C[C@@H](N)C(=O)NC[C@@H]1C[C@@H](SC2=C(C(=O)O)N3C(=O)[C@H]([C@@H](C)O)C3[C@H]2C)CO1. The molecule has 0 aromatic heterocycles. The van der Waals surface area contributed by atoms with E-state index in [1.807, 2.05) is 6.92 Å². The van der Waals surface area contributed by atoms with Gasteiger partial charge in [-0.3, -0.25) is 9.59 Å². The van der Waals surface area contributed by atoms with Crippen molar-refractivity contribution in [3.05, 3.63) is 10.6 Å². The quantitative estimate of drug-likeness (QED) is 0.409. The number of amides is 2. The van der Waals surface area contributed by atoms with Crippen LogP contribution in [0.1, 0.15) is 27.2 Å². The number of fused-ring (bicyclic) bond motifs is 1. The molecule has 7 atom stereocenters. The minimum Gasteiger partial charge on any atom is -0.477 e. The second kappa shape index (κ2) is 8.02. The van der Waals surface area contributed by atoms with Crippen LogP contribution in [0.25, 0.3) is 0 Å². The normalized spacial score (nSPS) is 34.1. The number of carboxylic acid groups (broad SMARTS) is 1. The zero-order chi connectivity index (χ0) is 20.7. The maximum Gasteiger partial charge on any atom is 0.353 e. The third kappa shape index (κ3) is 3.66. The smallest absolute Gasteiger partial charge is 0.353 e. The lowest BCUT2D eigenvalue weighted by Gasteiger charge is -2.46. The highest BCUT2D eigenvalue weighted by Crippen LogP contribution is 2.52. The molecule has 5 N–H and O–H groups in total. The van der Waals surface area contributed by atoms with E-state index in [-0.39, 0.29) is 40.8 Å². The van der Waals surface area contributed by atoms with Crippen LogP contribution in [-0.4, -0.2) is 75.6 Å². The monoisotopic (exact) mass is 413 g/mol. The number of carbonyl (C=O) groups is 3. The highest BCUT2D eigenvalue weighted by molar-refractivity contribution is 8.03. The van der Waals surface area contributed by atoms with Gasteiger partial charge in [0.05, 0.1) is 36.8 Å². The van der Waals surface area contributed by atoms with Gasteiger partial charge in [0, 0.05) is 22.6 Å². The molecule has 0 radical (unpaired) electrons. The van der Waals surface area contributed by atoms with Crippen LogP contribution in [0.3, 0.4) is 0 Å². The molecule has 2 saturated heterocycles. The van der Waals surface area contributed by atoms with Gasteiger partial charge in [0.15, 0.2) is 0 Å². The van der Waals surface area contributed by atoms with Crippen LogP contribution in [0.2, 0.25) is 0 Å². The number of nitrogens with two attached hydrogens (primary N) is 1. The lowest BCUT2D eigenvalue weighted by Crippen LogP contribution is -2.63. The molecule has 0 aromatic rings. The van der Waals surface area contributed by atoms with Crippen LogP contribution < -0.4 is 11.1 Å². The summed E-state index contributed by atoms with van der Waals surface area (Å²) in [6.07, 6.45) is -0.316. The molecular weight excluding hydrogens is 386 g/mol. The first-order chi connectivity index (χ1) is 13.1. The van der Waals surface area contributed by atoms with Gasteiger partial charge in [-0.15, -0.1) is 11.8 Å². The van der Waals surface area contributed by atoms with Crippen LogP contribution in [0.5, 0.6) is 0 Å². The first-order valence-electron chi connectivity index (χ1n) is 9.43. The summed E-state index contributed by atoms with van der Waals surface area (Å²) in [5.74, 6) is -2.44. The van der Waals surface area contributed by atoms with Crippen LogP contribution in [0, 0.1) is 11.8 Å². The molecule has 0 aliphatic carbocycles. The largest absolute Gasteiger partial charge is 0.477 e. The van der Waals surface area contributed by atoms with Gasteiger partial charge >= 0.3 is 5.97 Å². The van der Waals surface area contributed by atoms with Gasteiger partial charge < -0.3 is 30.9 Å². The van der Waals surface area contributed by atoms with Crippen molar-refractivity contribution in [3.8, 4) is 0 Å². The Balaban J connectivity index is 1.66. The van der Waals surface area contributed by atoms with Crippen molar-refractivity contribution in [1.82, 2.24) is 10.2 Å². The molecule has 0 bridgehead atoms. The molecule has 156 valence electrons. The third-order valence-electron chi connectivity index (χ3n) is 5.57. The summed E-state index contributed by atoms with van der Waals surface area (Å²) in [6, 6.07) is -0.900. The van der Waals surface area contributed by atoms with E-state index in [4.69, 9.17) is 10.5 Å². The molecule has 3 rings (SSSR count).